The van der Waals surface area contributed by atoms with E-state index in [-0.39, 0.29) is 11.5 Å². The van der Waals surface area contributed by atoms with E-state index in [1.807, 2.05) is 36.2 Å². The molecule has 2 bridgehead atoms. The SMILES string of the molecule is CN(C)C[C@H]1[C@@H]2CC[C@@]3(CN(C(=O)c4nn(C)c5ccccc45)C[C@@H]13)O2. The third kappa shape index (κ3) is 2.18. The molecule has 3 fully saturated rings. The second kappa shape index (κ2) is 5.54. The van der Waals surface area contributed by atoms with Crippen molar-refractivity contribution in [1.82, 2.24) is 19.6 Å². The van der Waals surface area contributed by atoms with Crippen LogP contribution in [0.3, 0.4) is 0 Å². The highest BCUT2D eigenvalue weighted by atomic mass is 16.5. The first kappa shape index (κ1) is 16.3. The van der Waals surface area contributed by atoms with Gasteiger partial charge in [0.15, 0.2) is 5.69 Å². The van der Waals surface area contributed by atoms with Gasteiger partial charge in [0.1, 0.15) is 0 Å². The molecule has 0 unspecified atom stereocenters. The van der Waals surface area contributed by atoms with E-state index < -0.39 is 0 Å². The van der Waals surface area contributed by atoms with Gasteiger partial charge in [0.2, 0.25) is 0 Å². The topological polar surface area (TPSA) is 50.6 Å². The van der Waals surface area contributed by atoms with Crippen LogP contribution in [0.1, 0.15) is 23.3 Å². The normalized spacial score (nSPS) is 32.8. The van der Waals surface area contributed by atoms with E-state index >= 15 is 0 Å². The zero-order valence-electron chi connectivity index (χ0n) is 15.7. The number of nitrogens with zero attached hydrogens (tertiary/aromatic N) is 4. The number of rotatable bonds is 3. The summed E-state index contributed by atoms with van der Waals surface area (Å²) in [6.07, 6.45) is 2.58. The van der Waals surface area contributed by atoms with Crippen molar-refractivity contribution in [2.24, 2.45) is 18.9 Å². The quantitative estimate of drug-likeness (QED) is 0.843. The summed E-state index contributed by atoms with van der Waals surface area (Å²) < 4.78 is 8.26. The third-order valence-electron chi connectivity index (χ3n) is 6.61. The lowest BCUT2D eigenvalue weighted by molar-refractivity contribution is 0.00251. The predicted octanol–water partition coefficient (Wildman–Crippen LogP) is 1.75. The van der Waals surface area contributed by atoms with Gasteiger partial charge in [-0.05, 0) is 33.0 Å². The highest BCUT2D eigenvalue weighted by molar-refractivity contribution is 6.05. The Labute approximate surface area is 153 Å². The molecule has 138 valence electrons. The highest BCUT2D eigenvalue weighted by Gasteiger charge is 2.63. The Morgan fingerprint density at radius 1 is 1.38 bits per heavy atom. The second-order valence-corrected chi connectivity index (χ2v) is 8.47. The standard InChI is InChI=1S/C20H26N4O2/c1-22(2)10-14-15-11-24(12-20(15)9-8-17(14)26-20)19(25)18-13-6-4-5-7-16(13)23(3)21-18/h4-7,14-15,17H,8-12H2,1-3H3/t14-,15+,17+,20+/m1/s1. The van der Waals surface area contributed by atoms with Crippen LogP contribution >= 0.6 is 0 Å². The number of aryl methyl sites for hydroxylation is 1. The number of para-hydroxylation sites is 1. The molecule has 26 heavy (non-hydrogen) atoms. The zero-order chi connectivity index (χ0) is 18.1. The Morgan fingerprint density at radius 2 is 2.19 bits per heavy atom. The molecule has 3 aliphatic rings. The summed E-state index contributed by atoms with van der Waals surface area (Å²) in [7, 11) is 6.14. The maximum atomic E-state index is 13.3. The smallest absolute Gasteiger partial charge is 0.275 e. The molecule has 0 N–H and O–H groups in total. The largest absolute Gasteiger partial charge is 0.369 e. The number of hydrogen-bond acceptors (Lipinski definition) is 4. The van der Waals surface area contributed by atoms with E-state index in [1.165, 1.54) is 0 Å². The lowest BCUT2D eigenvalue weighted by Gasteiger charge is -2.30. The van der Waals surface area contributed by atoms with Gasteiger partial charge in [0.05, 0.1) is 23.8 Å². The molecule has 1 amide bonds. The summed E-state index contributed by atoms with van der Waals surface area (Å²) >= 11 is 0. The molecule has 0 aliphatic carbocycles. The lowest BCUT2D eigenvalue weighted by Crippen LogP contribution is -2.40. The van der Waals surface area contributed by atoms with Crippen LogP contribution in [0, 0.1) is 11.8 Å². The number of hydrogen-bond donors (Lipinski definition) is 0. The van der Waals surface area contributed by atoms with E-state index in [2.05, 4.69) is 24.1 Å². The summed E-state index contributed by atoms with van der Waals surface area (Å²) in [5, 5.41) is 5.47. The van der Waals surface area contributed by atoms with Crippen LogP contribution in [-0.2, 0) is 11.8 Å². The molecule has 5 rings (SSSR count). The van der Waals surface area contributed by atoms with Gasteiger partial charge in [-0.2, -0.15) is 5.10 Å². The Kier molecular flexibility index (Phi) is 3.46. The summed E-state index contributed by atoms with van der Waals surface area (Å²) in [6.45, 7) is 2.53. The summed E-state index contributed by atoms with van der Waals surface area (Å²) in [6, 6.07) is 7.95. The Balaban J connectivity index is 1.44. The fourth-order valence-corrected chi connectivity index (χ4v) is 5.53. The molecule has 3 saturated heterocycles. The van der Waals surface area contributed by atoms with Crippen LogP contribution in [0.5, 0.6) is 0 Å². The minimum atomic E-state index is -0.119. The van der Waals surface area contributed by atoms with Crippen LogP contribution in [0.4, 0.5) is 0 Å². The van der Waals surface area contributed by atoms with Crippen molar-refractivity contribution in [3.05, 3.63) is 30.0 Å². The van der Waals surface area contributed by atoms with Gasteiger partial charge in [-0.3, -0.25) is 9.48 Å². The lowest BCUT2D eigenvalue weighted by atomic mass is 9.73. The van der Waals surface area contributed by atoms with E-state index in [0.717, 1.165) is 36.8 Å². The van der Waals surface area contributed by atoms with Crippen molar-refractivity contribution in [2.45, 2.75) is 24.5 Å². The summed E-state index contributed by atoms with van der Waals surface area (Å²) in [5.41, 5.74) is 1.44. The maximum absolute atomic E-state index is 13.3. The number of carbonyl (C=O) groups excluding carboxylic acids is 1. The Hall–Kier alpha value is -1.92. The molecule has 1 aromatic heterocycles. The van der Waals surface area contributed by atoms with Gasteiger partial charge in [0, 0.05) is 37.4 Å². The molecule has 1 aromatic carbocycles. The minimum absolute atomic E-state index is 0.0428. The first-order valence-corrected chi connectivity index (χ1v) is 9.52. The monoisotopic (exact) mass is 354 g/mol. The number of aromatic nitrogens is 2. The molecular weight excluding hydrogens is 328 g/mol. The zero-order valence-corrected chi connectivity index (χ0v) is 15.7. The van der Waals surface area contributed by atoms with Crippen molar-refractivity contribution < 1.29 is 9.53 Å². The highest BCUT2D eigenvalue weighted by Crippen LogP contribution is 2.55. The van der Waals surface area contributed by atoms with Gasteiger partial charge in [-0.15, -0.1) is 0 Å². The maximum Gasteiger partial charge on any atom is 0.275 e. The van der Waals surface area contributed by atoms with Gasteiger partial charge in [-0.25, -0.2) is 0 Å². The van der Waals surface area contributed by atoms with Gasteiger partial charge in [0.25, 0.3) is 5.91 Å². The van der Waals surface area contributed by atoms with Gasteiger partial charge >= 0.3 is 0 Å². The number of amides is 1. The van der Waals surface area contributed by atoms with Crippen molar-refractivity contribution in [1.29, 1.82) is 0 Å². The van der Waals surface area contributed by atoms with Crippen molar-refractivity contribution >= 4 is 16.8 Å². The van der Waals surface area contributed by atoms with Crippen molar-refractivity contribution in [3.8, 4) is 0 Å². The van der Waals surface area contributed by atoms with E-state index in [0.29, 0.717) is 30.2 Å². The molecule has 1 spiro atoms. The second-order valence-electron chi connectivity index (χ2n) is 8.47. The first-order chi connectivity index (χ1) is 12.5. The Morgan fingerprint density at radius 3 is 3.00 bits per heavy atom. The molecule has 2 aromatic rings. The van der Waals surface area contributed by atoms with E-state index in [4.69, 9.17) is 4.74 Å². The number of carbonyl (C=O) groups is 1. The van der Waals surface area contributed by atoms with Crippen LogP contribution in [0.2, 0.25) is 0 Å². The first-order valence-electron chi connectivity index (χ1n) is 9.52. The van der Waals surface area contributed by atoms with E-state index in [9.17, 15) is 4.79 Å². The van der Waals surface area contributed by atoms with Crippen LogP contribution in [-0.4, -0.2) is 70.9 Å². The number of likely N-dealkylation sites (tertiary alicyclic amines) is 1. The molecule has 6 heteroatoms. The summed E-state index contributed by atoms with van der Waals surface area (Å²) in [5.74, 6) is 1.01. The Bertz CT molecular complexity index is 876. The van der Waals surface area contributed by atoms with Gasteiger partial charge < -0.3 is 14.5 Å². The average molecular weight is 354 g/mol. The van der Waals surface area contributed by atoms with Crippen LogP contribution in [0.25, 0.3) is 10.9 Å². The fourth-order valence-electron chi connectivity index (χ4n) is 5.53. The minimum Gasteiger partial charge on any atom is -0.369 e. The molecule has 4 heterocycles. The third-order valence-corrected chi connectivity index (χ3v) is 6.61. The average Bonchev–Trinajstić information content (AvgIpc) is 3.34. The van der Waals surface area contributed by atoms with Crippen molar-refractivity contribution in [2.75, 3.05) is 33.7 Å². The molecule has 0 radical (unpaired) electrons. The molecule has 3 aliphatic heterocycles. The molecule has 0 saturated carbocycles. The number of fused-ring (bicyclic) bond motifs is 2. The predicted molar refractivity (Wildman–Crippen MR) is 99.0 cm³/mol. The molecule has 6 nitrogen and oxygen atoms in total. The fraction of sp³-hybridized carbons (Fsp3) is 0.600. The molecule has 4 atom stereocenters. The number of benzene rings is 1. The molecular formula is C20H26N4O2. The summed E-state index contributed by atoms with van der Waals surface area (Å²) in [4.78, 5) is 17.5. The van der Waals surface area contributed by atoms with Crippen LogP contribution in [0.15, 0.2) is 24.3 Å². The van der Waals surface area contributed by atoms with Crippen LogP contribution < -0.4 is 0 Å². The van der Waals surface area contributed by atoms with E-state index in [1.54, 1.807) is 4.68 Å². The van der Waals surface area contributed by atoms with Crippen molar-refractivity contribution in [3.63, 3.8) is 0 Å². The number of ether oxygens (including phenoxy) is 1. The van der Waals surface area contributed by atoms with Gasteiger partial charge in [-0.1, -0.05) is 18.2 Å².